The average Bonchev–Trinajstić information content (AvgIpc) is 2.79. The minimum Gasteiger partial charge on any atom is -0.356 e. The molecule has 2 amide bonds. The van der Waals surface area contributed by atoms with Crippen molar-refractivity contribution in [3.05, 3.63) is 40.8 Å². The summed E-state index contributed by atoms with van der Waals surface area (Å²) in [4.78, 5) is 28.8. The highest BCUT2D eigenvalue weighted by molar-refractivity contribution is 8.04. The first-order valence-electron chi connectivity index (χ1n) is 12.3. The molecule has 1 saturated carbocycles. The molecule has 4 rings (SSSR count). The third-order valence-corrected chi connectivity index (χ3v) is 8.77. The van der Waals surface area contributed by atoms with Gasteiger partial charge in [-0.05, 0) is 64.0 Å². The lowest BCUT2D eigenvalue weighted by atomic mass is 9.84. The number of hydrogen-bond donors (Lipinski definition) is 2. The first-order chi connectivity index (χ1) is 15.5. The van der Waals surface area contributed by atoms with Crippen LogP contribution in [0.1, 0.15) is 64.4 Å². The number of fused-ring (bicyclic) bond motifs is 1. The fraction of sp³-hybridized carbons (Fsp3) is 0.615. The van der Waals surface area contributed by atoms with Gasteiger partial charge in [-0.25, -0.2) is 0 Å². The Morgan fingerprint density at radius 2 is 1.91 bits per heavy atom. The van der Waals surface area contributed by atoms with E-state index in [2.05, 4.69) is 29.4 Å². The van der Waals surface area contributed by atoms with Crippen LogP contribution in [-0.2, 0) is 9.59 Å². The molecule has 0 radical (unpaired) electrons. The maximum Gasteiger partial charge on any atom is 0.257 e. The van der Waals surface area contributed by atoms with Gasteiger partial charge < -0.3 is 10.6 Å². The van der Waals surface area contributed by atoms with E-state index in [0.717, 1.165) is 49.2 Å². The molecular formula is C26H37N3O2S. The first-order valence-corrected chi connectivity index (χ1v) is 13.2. The Morgan fingerprint density at radius 1 is 1.16 bits per heavy atom. The lowest BCUT2D eigenvalue weighted by molar-refractivity contribution is -0.127. The minimum absolute atomic E-state index is 0.00429. The monoisotopic (exact) mass is 455 g/mol. The van der Waals surface area contributed by atoms with Crippen molar-refractivity contribution < 1.29 is 9.59 Å². The number of carbonyl (C=O) groups is 2. The third kappa shape index (κ3) is 5.76. The average molecular weight is 456 g/mol. The first kappa shape index (κ1) is 23.4. The molecular weight excluding hydrogens is 418 g/mol. The van der Waals surface area contributed by atoms with Gasteiger partial charge in [0, 0.05) is 42.4 Å². The molecule has 0 spiro atoms. The van der Waals surface area contributed by atoms with E-state index in [1.165, 1.54) is 19.3 Å². The lowest BCUT2D eigenvalue weighted by Gasteiger charge is -2.39. The number of thioether (sulfide) groups is 1. The summed E-state index contributed by atoms with van der Waals surface area (Å²) < 4.78 is 0. The van der Waals surface area contributed by atoms with Gasteiger partial charge in [-0.15, -0.1) is 11.8 Å². The molecule has 0 bridgehead atoms. The van der Waals surface area contributed by atoms with Crippen LogP contribution in [0.25, 0.3) is 6.08 Å². The SMILES string of the molecule is CC1CCCC(C)N1CCCNC(=O)C1CCC2S/C(=C\c3ccccc3)C(=O)NC2C1. The Kier molecular flexibility index (Phi) is 7.95. The van der Waals surface area contributed by atoms with Gasteiger partial charge >= 0.3 is 0 Å². The summed E-state index contributed by atoms with van der Waals surface area (Å²) in [6.45, 7) is 6.44. The zero-order chi connectivity index (χ0) is 22.5. The molecule has 5 nitrogen and oxygen atoms in total. The quantitative estimate of drug-likeness (QED) is 0.499. The van der Waals surface area contributed by atoms with Crippen LogP contribution in [0.3, 0.4) is 0 Å². The van der Waals surface area contributed by atoms with Crippen molar-refractivity contribution in [3.63, 3.8) is 0 Å². The summed E-state index contributed by atoms with van der Waals surface area (Å²) in [5.41, 5.74) is 1.05. The number of rotatable bonds is 6. The molecule has 2 heterocycles. The molecule has 2 aliphatic heterocycles. The fourth-order valence-corrected chi connectivity index (χ4v) is 6.76. The van der Waals surface area contributed by atoms with E-state index in [4.69, 9.17) is 0 Å². The topological polar surface area (TPSA) is 61.4 Å². The van der Waals surface area contributed by atoms with Gasteiger partial charge in [0.15, 0.2) is 0 Å². The van der Waals surface area contributed by atoms with Crippen molar-refractivity contribution in [3.8, 4) is 0 Å². The molecule has 1 aromatic rings. The molecule has 32 heavy (non-hydrogen) atoms. The summed E-state index contributed by atoms with van der Waals surface area (Å²) >= 11 is 1.68. The second kappa shape index (κ2) is 10.9. The molecule has 2 N–H and O–H groups in total. The standard InChI is InChI=1S/C26H37N3O2S/c1-18-8-6-9-19(2)29(18)15-7-14-27-25(30)21-12-13-23-22(17-21)28-26(31)24(32-23)16-20-10-4-3-5-11-20/h3-5,10-11,16,18-19,21-23H,6-9,12-15,17H2,1-2H3,(H,27,30)(H,28,31)/b24-16-. The van der Waals surface area contributed by atoms with Gasteiger partial charge in [0.2, 0.25) is 5.91 Å². The van der Waals surface area contributed by atoms with Gasteiger partial charge in [-0.2, -0.15) is 0 Å². The number of likely N-dealkylation sites (tertiary alicyclic amines) is 1. The second-order valence-corrected chi connectivity index (χ2v) is 11.0. The Morgan fingerprint density at radius 3 is 2.66 bits per heavy atom. The van der Waals surface area contributed by atoms with Crippen molar-refractivity contribution >= 4 is 29.7 Å². The van der Waals surface area contributed by atoms with E-state index in [9.17, 15) is 9.59 Å². The number of hydrogen-bond acceptors (Lipinski definition) is 4. The molecule has 3 fully saturated rings. The molecule has 0 aromatic heterocycles. The van der Waals surface area contributed by atoms with Gasteiger partial charge in [-0.1, -0.05) is 36.8 Å². The molecule has 1 aliphatic carbocycles. The van der Waals surface area contributed by atoms with E-state index in [-0.39, 0.29) is 23.8 Å². The minimum atomic E-state index is -0.00840. The van der Waals surface area contributed by atoms with Gasteiger partial charge in [0.05, 0.1) is 4.91 Å². The van der Waals surface area contributed by atoms with Crippen LogP contribution in [0, 0.1) is 5.92 Å². The highest BCUT2D eigenvalue weighted by Crippen LogP contribution is 2.39. The predicted octanol–water partition coefficient (Wildman–Crippen LogP) is 4.20. The molecule has 2 saturated heterocycles. The summed E-state index contributed by atoms with van der Waals surface area (Å²) in [6, 6.07) is 11.4. The van der Waals surface area contributed by atoms with E-state index >= 15 is 0 Å². The maximum atomic E-state index is 12.8. The Bertz CT molecular complexity index is 818. The number of carbonyl (C=O) groups excluding carboxylic acids is 2. The van der Waals surface area contributed by atoms with Gasteiger partial charge in [0.1, 0.15) is 0 Å². The van der Waals surface area contributed by atoms with Crippen LogP contribution < -0.4 is 10.6 Å². The summed E-state index contributed by atoms with van der Waals surface area (Å²) in [6.07, 6.45) is 9.47. The van der Waals surface area contributed by atoms with Gasteiger partial charge in [0.25, 0.3) is 5.91 Å². The van der Waals surface area contributed by atoms with E-state index in [1.807, 2.05) is 36.4 Å². The second-order valence-electron chi connectivity index (χ2n) is 9.68. The van der Waals surface area contributed by atoms with Crippen LogP contribution in [-0.4, -0.2) is 53.2 Å². The Hall–Kier alpha value is -1.79. The van der Waals surface area contributed by atoms with Crippen LogP contribution in [0.4, 0.5) is 0 Å². The molecule has 1 aromatic carbocycles. The highest BCUT2D eigenvalue weighted by atomic mass is 32.2. The fourth-order valence-electron chi connectivity index (χ4n) is 5.46. The summed E-state index contributed by atoms with van der Waals surface area (Å²) in [5.74, 6) is 0.156. The van der Waals surface area contributed by atoms with Crippen molar-refractivity contribution in [2.75, 3.05) is 13.1 Å². The number of amides is 2. The largest absolute Gasteiger partial charge is 0.356 e. The number of benzene rings is 1. The highest BCUT2D eigenvalue weighted by Gasteiger charge is 2.39. The predicted molar refractivity (Wildman–Crippen MR) is 132 cm³/mol. The van der Waals surface area contributed by atoms with Crippen molar-refractivity contribution in [2.45, 2.75) is 82.2 Å². The van der Waals surface area contributed by atoms with Crippen LogP contribution in [0.15, 0.2) is 35.2 Å². The molecule has 174 valence electrons. The van der Waals surface area contributed by atoms with Crippen LogP contribution in [0.5, 0.6) is 0 Å². The Balaban J connectivity index is 1.23. The number of nitrogens with zero attached hydrogens (tertiary/aromatic N) is 1. The molecule has 5 unspecified atom stereocenters. The summed E-state index contributed by atoms with van der Waals surface area (Å²) in [5, 5.41) is 6.71. The van der Waals surface area contributed by atoms with E-state index in [1.54, 1.807) is 11.8 Å². The van der Waals surface area contributed by atoms with E-state index in [0.29, 0.717) is 17.3 Å². The van der Waals surface area contributed by atoms with Crippen LogP contribution >= 0.6 is 11.8 Å². The van der Waals surface area contributed by atoms with Crippen molar-refractivity contribution in [2.24, 2.45) is 5.92 Å². The normalized spacial score (nSPS) is 32.2. The molecule has 5 atom stereocenters. The molecule has 6 heteroatoms. The third-order valence-electron chi connectivity index (χ3n) is 7.34. The van der Waals surface area contributed by atoms with Crippen molar-refractivity contribution in [1.29, 1.82) is 0 Å². The zero-order valence-corrected chi connectivity index (χ0v) is 20.2. The smallest absolute Gasteiger partial charge is 0.257 e. The van der Waals surface area contributed by atoms with E-state index < -0.39 is 0 Å². The van der Waals surface area contributed by atoms with Crippen LogP contribution in [0.2, 0.25) is 0 Å². The Labute approximate surface area is 196 Å². The number of nitrogens with one attached hydrogen (secondary N) is 2. The van der Waals surface area contributed by atoms with Gasteiger partial charge in [-0.3, -0.25) is 14.5 Å². The number of piperidine rings is 1. The molecule has 3 aliphatic rings. The lowest BCUT2D eigenvalue weighted by Crippen LogP contribution is -2.51. The van der Waals surface area contributed by atoms with Crippen molar-refractivity contribution in [1.82, 2.24) is 15.5 Å². The summed E-state index contributed by atoms with van der Waals surface area (Å²) in [7, 11) is 0. The zero-order valence-electron chi connectivity index (χ0n) is 19.4. The maximum absolute atomic E-state index is 12.8.